The van der Waals surface area contributed by atoms with E-state index in [-0.39, 0.29) is 6.04 Å². The molecular weight excluding hydrogens is 206 g/mol. The fourth-order valence-electron chi connectivity index (χ4n) is 1.15. The summed E-state index contributed by atoms with van der Waals surface area (Å²) in [5.41, 5.74) is 0. The Labute approximate surface area is 84.6 Å². The van der Waals surface area contributed by atoms with Crippen molar-refractivity contribution in [1.29, 1.82) is 0 Å². The molecule has 0 spiro atoms. The molecule has 0 amide bonds. The SMILES string of the molecule is CCCC(CC)NS(=O)(=O)CC(=O)O. The number of carbonyl (C=O) groups is 1. The summed E-state index contributed by atoms with van der Waals surface area (Å²) in [6.07, 6.45) is 2.27. The van der Waals surface area contributed by atoms with Crippen molar-refractivity contribution in [2.24, 2.45) is 0 Å². The lowest BCUT2D eigenvalue weighted by atomic mass is 10.1. The van der Waals surface area contributed by atoms with E-state index in [0.29, 0.717) is 6.42 Å². The van der Waals surface area contributed by atoms with Crippen LogP contribution in [0.1, 0.15) is 33.1 Å². The summed E-state index contributed by atoms with van der Waals surface area (Å²) in [4.78, 5) is 10.2. The molecule has 0 bridgehead atoms. The van der Waals surface area contributed by atoms with Gasteiger partial charge in [-0.15, -0.1) is 0 Å². The first-order chi connectivity index (χ1) is 6.41. The molecule has 0 fully saturated rings. The van der Waals surface area contributed by atoms with E-state index in [9.17, 15) is 13.2 Å². The van der Waals surface area contributed by atoms with Crippen molar-refractivity contribution >= 4 is 16.0 Å². The summed E-state index contributed by atoms with van der Waals surface area (Å²) in [5.74, 6) is -2.18. The molecule has 0 aromatic heterocycles. The smallest absolute Gasteiger partial charge is 0.320 e. The van der Waals surface area contributed by atoms with Crippen LogP contribution < -0.4 is 4.72 Å². The summed E-state index contributed by atoms with van der Waals surface area (Å²) in [7, 11) is -3.66. The van der Waals surface area contributed by atoms with Gasteiger partial charge in [-0.25, -0.2) is 13.1 Å². The molecule has 0 aliphatic carbocycles. The highest BCUT2D eigenvalue weighted by Gasteiger charge is 2.19. The van der Waals surface area contributed by atoms with Crippen molar-refractivity contribution in [2.75, 3.05) is 5.75 Å². The highest BCUT2D eigenvalue weighted by atomic mass is 32.2. The zero-order chi connectivity index (χ0) is 11.2. The molecule has 0 aliphatic heterocycles. The molecule has 1 unspecified atom stereocenters. The molecule has 0 radical (unpaired) electrons. The Kier molecular flexibility index (Phi) is 5.71. The maximum Gasteiger partial charge on any atom is 0.320 e. The highest BCUT2D eigenvalue weighted by Crippen LogP contribution is 2.02. The Morgan fingerprint density at radius 3 is 2.36 bits per heavy atom. The molecule has 0 saturated carbocycles. The van der Waals surface area contributed by atoms with E-state index in [1.165, 1.54) is 0 Å². The van der Waals surface area contributed by atoms with Crippen LogP contribution in [0.25, 0.3) is 0 Å². The molecule has 1 atom stereocenters. The first-order valence-corrected chi connectivity index (χ1v) is 6.28. The number of rotatable bonds is 7. The first-order valence-electron chi connectivity index (χ1n) is 4.63. The van der Waals surface area contributed by atoms with E-state index < -0.39 is 21.7 Å². The van der Waals surface area contributed by atoms with Gasteiger partial charge in [0.25, 0.3) is 0 Å². The summed E-state index contributed by atoms with van der Waals surface area (Å²) in [5, 5.41) is 8.35. The molecular formula is C8H17NO4S. The van der Waals surface area contributed by atoms with Crippen LogP contribution in [0.15, 0.2) is 0 Å². The molecule has 0 saturated heterocycles. The van der Waals surface area contributed by atoms with E-state index in [2.05, 4.69) is 4.72 Å². The zero-order valence-electron chi connectivity index (χ0n) is 8.49. The van der Waals surface area contributed by atoms with Crippen molar-refractivity contribution < 1.29 is 18.3 Å². The van der Waals surface area contributed by atoms with Crippen LogP contribution in [0.5, 0.6) is 0 Å². The normalized spacial score (nSPS) is 13.9. The third-order valence-corrected chi connectivity index (χ3v) is 3.11. The summed E-state index contributed by atoms with van der Waals surface area (Å²) in [6.45, 7) is 3.82. The average Bonchev–Trinajstić information content (AvgIpc) is 2.00. The number of hydrogen-bond acceptors (Lipinski definition) is 3. The maximum atomic E-state index is 11.2. The van der Waals surface area contributed by atoms with Crippen LogP contribution in [0.2, 0.25) is 0 Å². The van der Waals surface area contributed by atoms with Crippen LogP contribution in [-0.4, -0.2) is 31.3 Å². The van der Waals surface area contributed by atoms with Gasteiger partial charge in [0.2, 0.25) is 10.0 Å². The Hall–Kier alpha value is -0.620. The van der Waals surface area contributed by atoms with E-state index in [0.717, 1.165) is 12.8 Å². The topological polar surface area (TPSA) is 83.5 Å². The molecule has 0 rings (SSSR count). The van der Waals surface area contributed by atoms with Crippen molar-refractivity contribution in [3.05, 3.63) is 0 Å². The lowest BCUT2D eigenvalue weighted by molar-refractivity contribution is -0.134. The van der Waals surface area contributed by atoms with Crippen LogP contribution in [-0.2, 0) is 14.8 Å². The summed E-state index contributed by atoms with van der Waals surface area (Å²) in [6, 6.07) is -0.149. The second-order valence-electron chi connectivity index (χ2n) is 3.16. The average molecular weight is 223 g/mol. The minimum atomic E-state index is -3.66. The number of carboxylic acid groups (broad SMARTS) is 1. The fraction of sp³-hybridized carbons (Fsp3) is 0.875. The Morgan fingerprint density at radius 1 is 1.43 bits per heavy atom. The maximum absolute atomic E-state index is 11.2. The Bertz CT molecular complexity index is 273. The largest absolute Gasteiger partial charge is 0.480 e. The van der Waals surface area contributed by atoms with Gasteiger partial charge in [-0.1, -0.05) is 20.3 Å². The zero-order valence-corrected chi connectivity index (χ0v) is 9.30. The van der Waals surface area contributed by atoms with Crippen molar-refractivity contribution in [1.82, 2.24) is 4.72 Å². The standard InChI is InChI=1S/C8H17NO4S/c1-3-5-7(4-2)9-14(12,13)6-8(10)11/h7,9H,3-6H2,1-2H3,(H,10,11). The quantitative estimate of drug-likeness (QED) is 0.661. The van der Waals surface area contributed by atoms with Gasteiger partial charge in [0.15, 0.2) is 5.75 Å². The molecule has 5 nitrogen and oxygen atoms in total. The van der Waals surface area contributed by atoms with Gasteiger partial charge in [-0.2, -0.15) is 0 Å². The van der Waals surface area contributed by atoms with Crippen LogP contribution in [0.3, 0.4) is 0 Å². The number of carboxylic acids is 1. The van der Waals surface area contributed by atoms with Gasteiger partial charge < -0.3 is 5.11 Å². The second kappa shape index (κ2) is 5.98. The Balaban J connectivity index is 4.25. The van der Waals surface area contributed by atoms with Gasteiger partial charge in [-0.3, -0.25) is 4.79 Å². The fourth-order valence-corrected chi connectivity index (χ4v) is 2.35. The number of hydrogen-bond donors (Lipinski definition) is 2. The minimum absolute atomic E-state index is 0.149. The molecule has 2 N–H and O–H groups in total. The highest BCUT2D eigenvalue weighted by molar-refractivity contribution is 7.90. The van der Waals surface area contributed by atoms with Crippen molar-refractivity contribution in [3.63, 3.8) is 0 Å². The van der Waals surface area contributed by atoms with E-state index in [1.54, 1.807) is 0 Å². The number of sulfonamides is 1. The number of nitrogens with one attached hydrogen (secondary N) is 1. The van der Waals surface area contributed by atoms with Gasteiger partial charge >= 0.3 is 5.97 Å². The first kappa shape index (κ1) is 13.4. The summed E-state index contributed by atoms with van der Waals surface area (Å²) >= 11 is 0. The van der Waals surface area contributed by atoms with Gasteiger partial charge in [0.1, 0.15) is 0 Å². The predicted octanol–water partition coefficient (Wildman–Crippen LogP) is 0.569. The lowest BCUT2D eigenvalue weighted by Crippen LogP contribution is -2.37. The molecule has 0 aromatic carbocycles. The van der Waals surface area contributed by atoms with Gasteiger partial charge in [-0.05, 0) is 12.8 Å². The van der Waals surface area contributed by atoms with E-state index >= 15 is 0 Å². The minimum Gasteiger partial charge on any atom is -0.480 e. The monoisotopic (exact) mass is 223 g/mol. The predicted molar refractivity (Wildman–Crippen MR) is 53.5 cm³/mol. The molecule has 14 heavy (non-hydrogen) atoms. The molecule has 0 aromatic rings. The Morgan fingerprint density at radius 2 is 2.00 bits per heavy atom. The molecule has 6 heteroatoms. The van der Waals surface area contributed by atoms with E-state index in [1.807, 2.05) is 13.8 Å². The van der Waals surface area contributed by atoms with Crippen LogP contribution in [0.4, 0.5) is 0 Å². The second-order valence-corrected chi connectivity index (χ2v) is 4.92. The van der Waals surface area contributed by atoms with E-state index in [4.69, 9.17) is 5.11 Å². The van der Waals surface area contributed by atoms with Crippen LogP contribution >= 0.6 is 0 Å². The molecule has 0 aliphatic rings. The summed E-state index contributed by atoms with van der Waals surface area (Å²) < 4.78 is 24.8. The van der Waals surface area contributed by atoms with Crippen molar-refractivity contribution in [2.45, 2.75) is 39.2 Å². The lowest BCUT2D eigenvalue weighted by Gasteiger charge is -2.14. The van der Waals surface area contributed by atoms with Gasteiger partial charge in [0, 0.05) is 6.04 Å². The van der Waals surface area contributed by atoms with Gasteiger partial charge in [0.05, 0.1) is 0 Å². The third-order valence-electron chi connectivity index (χ3n) is 1.79. The molecule has 84 valence electrons. The molecule has 0 heterocycles. The van der Waals surface area contributed by atoms with Crippen molar-refractivity contribution in [3.8, 4) is 0 Å². The third kappa shape index (κ3) is 5.93. The van der Waals surface area contributed by atoms with Crippen LogP contribution in [0, 0.1) is 0 Å². The number of aliphatic carboxylic acids is 1.